The molecule has 1 aliphatic heterocycles. The molecule has 7 nitrogen and oxygen atoms in total. The number of nitrogens with one attached hydrogen (secondary N) is 2. The molecule has 2 aliphatic rings. The number of carbonyl (C=O) groups is 1. The number of aromatic amines is 1. The third kappa shape index (κ3) is 5.58. The lowest BCUT2D eigenvalue weighted by Gasteiger charge is -2.29. The van der Waals surface area contributed by atoms with Gasteiger partial charge < -0.3 is 24.8 Å². The van der Waals surface area contributed by atoms with E-state index in [4.69, 9.17) is 4.74 Å². The van der Waals surface area contributed by atoms with Crippen LogP contribution in [0, 0.1) is 0 Å². The van der Waals surface area contributed by atoms with Crippen molar-refractivity contribution in [3.8, 4) is 5.75 Å². The second-order valence-corrected chi connectivity index (χ2v) is 8.83. The molecule has 0 bridgehead atoms. The fraction of sp³-hybridized carbons (Fsp3) is 0.583. The topological polar surface area (TPSA) is 77.7 Å². The second kappa shape index (κ2) is 10.2. The molecular formula is C24H34N4O3. The third-order valence-electron chi connectivity index (χ3n) is 6.60. The first kappa shape index (κ1) is 21.7. The molecule has 2 fully saturated rings. The van der Waals surface area contributed by atoms with Gasteiger partial charge in [-0.2, -0.15) is 0 Å². The van der Waals surface area contributed by atoms with Crippen LogP contribution in [0.3, 0.4) is 0 Å². The van der Waals surface area contributed by atoms with Gasteiger partial charge in [-0.3, -0.25) is 4.79 Å². The Morgan fingerprint density at radius 3 is 2.68 bits per heavy atom. The first-order valence-corrected chi connectivity index (χ1v) is 11.6. The van der Waals surface area contributed by atoms with Crippen LogP contribution >= 0.6 is 0 Å². The van der Waals surface area contributed by atoms with E-state index < -0.39 is 0 Å². The van der Waals surface area contributed by atoms with E-state index in [0.29, 0.717) is 24.4 Å². The summed E-state index contributed by atoms with van der Waals surface area (Å²) in [5.41, 5.74) is 1.19. The van der Waals surface area contributed by atoms with Crippen LogP contribution in [0.1, 0.15) is 50.5 Å². The Morgan fingerprint density at radius 1 is 1.16 bits per heavy atom. The molecule has 4 rings (SSSR count). The van der Waals surface area contributed by atoms with E-state index in [0.717, 1.165) is 43.4 Å². The maximum Gasteiger partial charge on any atom is 0.317 e. The van der Waals surface area contributed by atoms with Crippen molar-refractivity contribution in [3.05, 3.63) is 40.2 Å². The van der Waals surface area contributed by atoms with Crippen molar-refractivity contribution < 1.29 is 9.53 Å². The van der Waals surface area contributed by atoms with Crippen LogP contribution in [0.25, 0.3) is 10.9 Å². The van der Waals surface area contributed by atoms with Crippen LogP contribution in [0.15, 0.2) is 29.1 Å². The van der Waals surface area contributed by atoms with Crippen LogP contribution in [-0.4, -0.2) is 60.1 Å². The summed E-state index contributed by atoms with van der Waals surface area (Å²) in [5, 5.41) is 4.16. The van der Waals surface area contributed by atoms with E-state index in [1.165, 1.54) is 32.1 Å². The first-order chi connectivity index (χ1) is 15.1. The Labute approximate surface area is 183 Å². The Hall–Kier alpha value is -2.54. The molecular weight excluding hydrogens is 392 g/mol. The van der Waals surface area contributed by atoms with Gasteiger partial charge >= 0.3 is 6.03 Å². The number of hydrogen-bond donors (Lipinski definition) is 2. The summed E-state index contributed by atoms with van der Waals surface area (Å²) in [6.07, 6.45) is 8.14. The molecule has 2 heterocycles. The number of likely N-dealkylation sites (tertiary alicyclic amines) is 1. The van der Waals surface area contributed by atoms with Gasteiger partial charge in [-0.15, -0.1) is 0 Å². The molecule has 0 radical (unpaired) electrons. The van der Waals surface area contributed by atoms with Gasteiger partial charge in [0, 0.05) is 30.8 Å². The van der Waals surface area contributed by atoms with E-state index >= 15 is 0 Å². The normalized spacial score (nSPS) is 17.7. The van der Waals surface area contributed by atoms with Crippen molar-refractivity contribution >= 4 is 16.9 Å². The molecule has 2 amide bonds. The Bertz CT molecular complexity index is 945. The summed E-state index contributed by atoms with van der Waals surface area (Å²) in [6.45, 7) is 3.97. The molecule has 1 aliphatic carbocycles. The predicted molar refractivity (Wildman–Crippen MR) is 123 cm³/mol. The SMILES string of the molecule is COc1ccc2cc(CN(CCN3CCCC3)C(=O)NC3CCCCC3)c(=O)[nH]c2c1. The van der Waals surface area contributed by atoms with Gasteiger partial charge in [0.15, 0.2) is 0 Å². The zero-order valence-electron chi connectivity index (χ0n) is 18.5. The molecule has 168 valence electrons. The fourth-order valence-corrected chi connectivity index (χ4v) is 4.71. The largest absolute Gasteiger partial charge is 0.497 e. The van der Waals surface area contributed by atoms with Crippen LogP contribution in [0.4, 0.5) is 4.79 Å². The van der Waals surface area contributed by atoms with Gasteiger partial charge in [0.05, 0.1) is 19.2 Å². The molecule has 1 aromatic carbocycles. The van der Waals surface area contributed by atoms with E-state index in [9.17, 15) is 9.59 Å². The second-order valence-electron chi connectivity index (χ2n) is 8.83. The average Bonchev–Trinajstić information content (AvgIpc) is 3.30. The Balaban J connectivity index is 1.51. The quantitative estimate of drug-likeness (QED) is 0.711. The van der Waals surface area contributed by atoms with Crippen molar-refractivity contribution in [3.63, 3.8) is 0 Å². The number of aromatic nitrogens is 1. The number of H-pyrrole nitrogens is 1. The number of nitrogens with zero attached hydrogens (tertiary/aromatic N) is 2. The molecule has 0 spiro atoms. The number of fused-ring (bicyclic) bond motifs is 1. The molecule has 0 atom stereocenters. The zero-order valence-corrected chi connectivity index (χ0v) is 18.5. The van der Waals surface area contributed by atoms with Gasteiger partial charge in [-0.25, -0.2) is 4.79 Å². The zero-order chi connectivity index (χ0) is 21.6. The van der Waals surface area contributed by atoms with Gasteiger partial charge in [0.2, 0.25) is 0 Å². The summed E-state index contributed by atoms with van der Waals surface area (Å²) in [7, 11) is 1.61. The van der Waals surface area contributed by atoms with Crippen molar-refractivity contribution in [1.82, 2.24) is 20.1 Å². The van der Waals surface area contributed by atoms with Crippen molar-refractivity contribution in [2.45, 2.75) is 57.5 Å². The molecule has 1 saturated carbocycles. The highest BCUT2D eigenvalue weighted by Gasteiger charge is 2.22. The highest BCUT2D eigenvalue weighted by molar-refractivity contribution is 5.80. The Kier molecular flexibility index (Phi) is 7.12. The van der Waals surface area contributed by atoms with E-state index in [-0.39, 0.29) is 17.6 Å². The van der Waals surface area contributed by atoms with Crippen LogP contribution in [0.2, 0.25) is 0 Å². The predicted octanol–water partition coefficient (Wildman–Crippen LogP) is 3.48. The number of benzene rings is 1. The number of rotatable bonds is 7. The van der Waals surface area contributed by atoms with Crippen LogP contribution in [0.5, 0.6) is 5.75 Å². The van der Waals surface area contributed by atoms with Gasteiger partial charge in [-0.05, 0) is 62.4 Å². The summed E-state index contributed by atoms with van der Waals surface area (Å²) in [5.74, 6) is 0.704. The standard InChI is InChI=1S/C24H34N4O3/c1-31-21-10-9-18-15-19(23(29)26-22(18)16-21)17-28(14-13-27-11-5-6-12-27)24(30)25-20-7-3-2-4-8-20/h9-10,15-16,20H,2-8,11-14,17H2,1H3,(H,25,30)(H,26,29). The lowest BCUT2D eigenvalue weighted by atomic mass is 9.96. The highest BCUT2D eigenvalue weighted by atomic mass is 16.5. The molecule has 7 heteroatoms. The molecule has 31 heavy (non-hydrogen) atoms. The van der Waals surface area contributed by atoms with Crippen molar-refractivity contribution in [1.29, 1.82) is 0 Å². The number of methoxy groups -OCH3 is 1. The summed E-state index contributed by atoms with van der Waals surface area (Å²) >= 11 is 0. The van der Waals surface area contributed by atoms with E-state index in [2.05, 4.69) is 15.2 Å². The maximum absolute atomic E-state index is 13.1. The van der Waals surface area contributed by atoms with Gasteiger partial charge in [0.25, 0.3) is 5.56 Å². The number of pyridine rings is 1. The van der Waals surface area contributed by atoms with Crippen LogP contribution in [-0.2, 0) is 6.54 Å². The van der Waals surface area contributed by atoms with Gasteiger partial charge in [-0.1, -0.05) is 19.3 Å². The number of hydrogen-bond acceptors (Lipinski definition) is 4. The molecule has 0 unspecified atom stereocenters. The molecule has 1 saturated heterocycles. The third-order valence-corrected chi connectivity index (χ3v) is 6.60. The number of amides is 2. The monoisotopic (exact) mass is 426 g/mol. The first-order valence-electron chi connectivity index (χ1n) is 11.6. The fourth-order valence-electron chi connectivity index (χ4n) is 4.71. The smallest absolute Gasteiger partial charge is 0.317 e. The summed E-state index contributed by atoms with van der Waals surface area (Å²) in [6, 6.07) is 7.72. The summed E-state index contributed by atoms with van der Waals surface area (Å²) < 4.78 is 5.25. The minimum atomic E-state index is -0.155. The van der Waals surface area contributed by atoms with E-state index in [1.807, 2.05) is 29.2 Å². The summed E-state index contributed by atoms with van der Waals surface area (Å²) in [4.78, 5) is 33.1. The van der Waals surface area contributed by atoms with E-state index in [1.54, 1.807) is 7.11 Å². The number of carbonyl (C=O) groups excluding carboxylic acids is 1. The molecule has 2 N–H and O–H groups in total. The Morgan fingerprint density at radius 2 is 1.94 bits per heavy atom. The maximum atomic E-state index is 13.1. The lowest BCUT2D eigenvalue weighted by Crippen LogP contribution is -2.47. The van der Waals surface area contributed by atoms with Crippen molar-refractivity contribution in [2.75, 3.05) is 33.3 Å². The molecule has 1 aromatic heterocycles. The average molecular weight is 427 g/mol. The number of urea groups is 1. The number of ether oxygens (including phenoxy) is 1. The van der Waals surface area contributed by atoms with Crippen molar-refractivity contribution in [2.24, 2.45) is 0 Å². The minimum Gasteiger partial charge on any atom is -0.497 e. The van der Waals surface area contributed by atoms with Gasteiger partial charge in [0.1, 0.15) is 5.75 Å². The minimum absolute atomic E-state index is 0.0553. The molecule has 2 aromatic rings. The lowest BCUT2D eigenvalue weighted by molar-refractivity contribution is 0.178. The highest BCUT2D eigenvalue weighted by Crippen LogP contribution is 2.20. The van der Waals surface area contributed by atoms with Crippen LogP contribution < -0.4 is 15.6 Å².